The fourth-order valence-corrected chi connectivity index (χ4v) is 3.45. The molecule has 2 atom stereocenters. The zero-order valence-electron chi connectivity index (χ0n) is 12.4. The number of carbonyl (C=O) groups is 1. The van der Waals surface area contributed by atoms with E-state index in [-0.39, 0.29) is 18.1 Å². The highest BCUT2D eigenvalue weighted by Crippen LogP contribution is 2.42. The van der Waals surface area contributed by atoms with Gasteiger partial charge in [-0.15, -0.1) is 0 Å². The van der Waals surface area contributed by atoms with Crippen LogP contribution in [0.4, 0.5) is 4.39 Å². The number of carbonyl (C=O) groups excluding carboxylic acids is 1. The van der Waals surface area contributed by atoms with Gasteiger partial charge in [-0.05, 0) is 24.5 Å². The molecule has 5 nitrogen and oxygen atoms in total. The number of amides is 1. The summed E-state index contributed by atoms with van der Waals surface area (Å²) in [5.41, 5.74) is -0.432. The maximum absolute atomic E-state index is 14.0. The molecule has 0 bridgehead atoms. The van der Waals surface area contributed by atoms with Gasteiger partial charge in [-0.2, -0.15) is 0 Å². The molecule has 1 aromatic heterocycles. The van der Waals surface area contributed by atoms with E-state index in [1.54, 1.807) is 11.1 Å². The number of rotatable bonds is 3. The number of fused-ring (bicyclic) bond motifs is 1. The van der Waals surface area contributed by atoms with E-state index in [1.807, 2.05) is 12.3 Å². The van der Waals surface area contributed by atoms with Gasteiger partial charge >= 0.3 is 0 Å². The second kappa shape index (κ2) is 5.28. The highest BCUT2D eigenvalue weighted by molar-refractivity contribution is 5.88. The van der Waals surface area contributed by atoms with Crippen molar-refractivity contribution >= 4 is 5.91 Å². The van der Waals surface area contributed by atoms with E-state index in [4.69, 9.17) is 4.74 Å². The largest absolute Gasteiger partial charge is 0.373 e. The summed E-state index contributed by atoms with van der Waals surface area (Å²) in [4.78, 5) is 20.3. The lowest BCUT2D eigenvalue weighted by atomic mass is 10.1. The van der Waals surface area contributed by atoms with Crippen molar-refractivity contribution in [3.05, 3.63) is 30.1 Å². The minimum Gasteiger partial charge on any atom is -0.373 e. The van der Waals surface area contributed by atoms with Gasteiger partial charge in [0.1, 0.15) is 0 Å². The Kier molecular flexibility index (Phi) is 3.38. The molecule has 3 fully saturated rings. The van der Waals surface area contributed by atoms with Crippen molar-refractivity contribution in [3.8, 4) is 0 Å². The molecule has 118 valence electrons. The molecule has 0 unspecified atom stereocenters. The summed E-state index contributed by atoms with van der Waals surface area (Å²) < 4.78 is 19.8. The highest BCUT2D eigenvalue weighted by Gasteiger charge is 2.55. The minimum atomic E-state index is -1.58. The number of pyridine rings is 1. The molecule has 0 radical (unpaired) electrons. The number of aromatic nitrogens is 1. The Bertz CT molecular complexity index is 564. The molecule has 1 aromatic rings. The van der Waals surface area contributed by atoms with Crippen LogP contribution in [0.3, 0.4) is 0 Å². The summed E-state index contributed by atoms with van der Waals surface area (Å²) in [6.45, 7) is 3.36. The first kappa shape index (κ1) is 14.1. The fourth-order valence-electron chi connectivity index (χ4n) is 3.45. The number of halogens is 1. The standard InChI is InChI=1S/C16H20FN3O2/c17-16(3-4-16)15(21)20-10-13-14(11-20)22-7-6-19(13)9-12-2-1-5-18-8-12/h1-2,5,8,13-14H,3-4,6-7,9-11H2/t13-,14+/m1/s1. The van der Waals surface area contributed by atoms with E-state index in [2.05, 4.69) is 16.0 Å². The van der Waals surface area contributed by atoms with Crippen molar-refractivity contribution in [1.82, 2.24) is 14.8 Å². The number of nitrogens with zero attached hydrogens (tertiary/aromatic N) is 3. The van der Waals surface area contributed by atoms with Crippen molar-refractivity contribution in [2.45, 2.75) is 37.2 Å². The summed E-state index contributed by atoms with van der Waals surface area (Å²) in [7, 11) is 0. The van der Waals surface area contributed by atoms with Crippen LogP contribution in [0.1, 0.15) is 18.4 Å². The number of hydrogen-bond donors (Lipinski definition) is 0. The molecule has 22 heavy (non-hydrogen) atoms. The van der Waals surface area contributed by atoms with Crippen molar-refractivity contribution in [2.75, 3.05) is 26.2 Å². The van der Waals surface area contributed by atoms with Crippen LogP contribution in [-0.4, -0.2) is 64.7 Å². The second-order valence-corrected chi connectivity index (χ2v) is 6.48. The highest BCUT2D eigenvalue weighted by atomic mass is 19.1. The lowest BCUT2D eigenvalue weighted by molar-refractivity contribution is -0.137. The van der Waals surface area contributed by atoms with Gasteiger partial charge in [0, 0.05) is 38.6 Å². The average Bonchev–Trinajstić information content (AvgIpc) is 3.13. The van der Waals surface area contributed by atoms with Gasteiger partial charge in [-0.25, -0.2) is 4.39 Å². The maximum atomic E-state index is 14.0. The molecule has 1 saturated carbocycles. The fraction of sp³-hybridized carbons (Fsp3) is 0.625. The van der Waals surface area contributed by atoms with Gasteiger partial charge in [0.05, 0.1) is 18.8 Å². The summed E-state index contributed by atoms with van der Waals surface area (Å²) in [5.74, 6) is -0.341. The molecule has 1 amide bonds. The van der Waals surface area contributed by atoms with Gasteiger partial charge in [0.15, 0.2) is 5.67 Å². The Hall–Kier alpha value is -1.53. The average molecular weight is 305 g/mol. The Labute approximate surface area is 129 Å². The first-order valence-corrected chi connectivity index (χ1v) is 7.89. The van der Waals surface area contributed by atoms with E-state index in [0.29, 0.717) is 32.5 Å². The lowest BCUT2D eigenvalue weighted by Gasteiger charge is -2.36. The minimum absolute atomic E-state index is 0.00304. The van der Waals surface area contributed by atoms with Crippen LogP contribution < -0.4 is 0 Å². The van der Waals surface area contributed by atoms with Crippen LogP contribution in [0, 0.1) is 0 Å². The Morgan fingerprint density at radius 3 is 3.05 bits per heavy atom. The smallest absolute Gasteiger partial charge is 0.260 e. The van der Waals surface area contributed by atoms with Crippen LogP contribution in [0.2, 0.25) is 0 Å². The summed E-state index contributed by atoms with van der Waals surface area (Å²) >= 11 is 0. The first-order chi connectivity index (χ1) is 10.7. The van der Waals surface area contributed by atoms with Gasteiger partial charge in [0.2, 0.25) is 0 Å². The molecular formula is C16H20FN3O2. The van der Waals surface area contributed by atoms with Crippen molar-refractivity contribution < 1.29 is 13.9 Å². The van der Waals surface area contributed by atoms with E-state index in [9.17, 15) is 9.18 Å². The van der Waals surface area contributed by atoms with E-state index in [1.165, 1.54) is 0 Å². The molecular weight excluding hydrogens is 285 g/mol. The molecule has 2 saturated heterocycles. The molecule has 1 aliphatic carbocycles. The van der Waals surface area contributed by atoms with E-state index in [0.717, 1.165) is 18.7 Å². The van der Waals surface area contributed by atoms with Crippen molar-refractivity contribution in [3.63, 3.8) is 0 Å². The molecule has 6 heteroatoms. The molecule has 2 aliphatic heterocycles. The summed E-state index contributed by atoms with van der Waals surface area (Å²) in [6, 6.07) is 4.13. The van der Waals surface area contributed by atoms with Crippen molar-refractivity contribution in [1.29, 1.82) is 0 Å². The Morgan fingerprint density at radius 1 is 1.45 bits per heavy atom. The molecule has 0 spiro atoms. The third-order valence-electron chi connectivity index (χ3n) is 4.88. The van der Waals surface area contributed by atoms with Crippen LogP contribution in [-0.2, 0) is 16.1 Å². The number of likely N-dealkylation sites (tertiary alicyclic amines) is 1. The monoisotopic (exact) mass is 305 g/mol. The third-order valence-corrected chi connectivity index (χ3v) is 4.88. The molecule has 0 N–H and O–H groups in total. The van der Waals surface area contributed by atoms with Gasteiger partial charge in [0.25, 0.3) is 5.91 Å². The topological polar surface area (TPSA) is 45.7 Å². The number of morpholine rings is 1. The lowest BCUT2D eigenvalue weighted by Crippen LogP contribution is -2.50. The van der Waals surface area contributed by atoms with E-state index >= 15 is 0 Å². The van der Waals surface area contributed by atoms with Crippen LogP contribution >= 0.6 is 0 Å². The number of ether oxygens (including phenoxy) is 1. The van der Waals surface area contributed by atoms with Crippen LogP contribution in [0.25, 0.3) is 0 Å². The number of alkyl halides is 1. The first-order valence-electron chi connectivity index (χ1n) is 7.89. The second-order valence-electron chi connectivity index (χ2n) is 6.48. The quantitative estimate of drug-likeness (QED) is 0.836. The number of hydrogen-bond acceptors (Lipinski definition) is 4. The van der Waals surface area contributed by atoms with Gasteiger partial charge in [-0.3, -0.25) is 14.7 Å². The molecule has 3 heterocycles. The van der Waals surface area contributed by atoms with Gasteiger partial charge < -0.3 is 9.64 Å². The normalized spacial score (nSPS) is 30.1. The molecule has 4 rings (SSSR count). The molecule has 0 aromatic carbocycles. The summed E-state index contributed by atoms with van der Waals surface area (Å²) in [5, 5.41) is 0. The van der Waals surface area contributed by atoms with Crippen LogP contribution in [0.5, 0.6) is 0 Å². The Balaban J connectivity index is 1.46. The third kappa shape index (κ3) is 2.50. The SMILES string of the molecule is O=C(N1C[C@@H]2OCCN(Cc3cccnc3)[C@@H]2C1)C1(F)CC1. The van der Waals surface area contributed by atoms with Gasteiger partial charge in [-0.1, -0.05) is 6.07 Å². The van der Waals surface area contributed by atoms with Crippen LogP contribution in [0.15, 0.2) is 24.5 Å². The summed E-state index contributed by atoms with van der Waals surface area (Å²) in [6.07, 6.45) is 4.37. The predicted molar refractivity (Wildman–Crippen MR) is 77.8 cm³/mol. The zero-order chi connectivity index (χ0) is 15.2. The predicted octanol–water partition coefficient (Wildman–Crippen LogP) is 0.995. The zero-order valence-corrected chi connectivity index (χ0v) is 12.4. The van der Waals surface area contributed by atoms with E-state index < -0.39 is 5.67 Å². The van der Waals surface area contributed by atoms with Crippen molar-refractivity contribution in [2.24, 2.45) is 0 Å². The Morgan fingerprint density at radius 2 is 2.32 bits per heavy atom. The maximum Gasteiger partial charge on any atom is 0.260 e. The molecule has 3 aliphatic rings.